The van der Waals surface area contributed by atoms with E-state index in [0.717, 1.165) is 83.1 Å². The molecular formula is C55H34N4. The van der Waals surface area contributed by atoms with Crippen molar-refractivity contribution in [2.75, 3.05) is 0 Å². The van der Waals surface area contributed by atoms with E-state index in [1.807, 2.05) is 6.07 Å². The highest BCUT2D eigenvalue weighted by Crippen LogP contribution is 2.40. The molecular weight excluding hydrogens is 717 g/mol. The van der Waals surface area contributed by atoms with E-state index in [0.29, 0.717) is 5.82 Å². The molecule has 0 aliphatic heterocycles. The summed E-state index contributed by atoms with van der Waals surface area (Å²) >= 11 is 0. The number of para-hydroxylation sites is 2. The molecule has 9 aromatic carbocycles. The Morgan fingerprint density at radius 2 is 0.915 bits per heavy atom. The minimum absolute atomic E-state index is 0.710. The Bertz CT molecular complexity index is 3590. The number of nitrogens with zero attached hydrogens (tertiary/aromatic N) is 4. The summed E-state index contributed by atoms with van der Waals surface area (Å²) in [6, 6.07) is 73.3. The monoisotopic (exact) mass is 750 g/mol. The van der Waals surface area contributed by atoms with Gasteiger partial charge in [0, 0.05) is 49.3 Å². The molecule has 0 saturated carbocycles. The van der Waals surface area contributed by atoms with Crippen LogP contribution < -0.4 is 0 Å². The molecule has 274 valence electrons. The molecule has 12 rings (SSSR count). The molecule has 59 heavy (non-hydrogen) atoms. The molecule has 0 bridgehead atoms. The first-order chi connectivity index (χ1) is 29.2. The molecule has 0 saturated heterocycles. The van der Waals surface area contributed by atoms with E-state index in [2.05, 4.69) is 205 Å². The Morgan fingerprint density at radius 1 is 0.288 bits per heavy atom. The number of fused-ring (bicyclic) bond motifs is 8. The fraction of sp³-hybridized carbons (Fsp3) is 0. The maximum absolute atomic E-state index is 5.37. The summed E-state index contributed by atoms with van der Waals surface area (Å²) in [6.07, 6.45) is 0. The van der Waals surface area contributed by atoms with Gasteiger partial charge >= 0.3 is 0 Å². The number of pyridine rings is 1. The lowest BCUT2D eigenvalue weighted by Gasteiger charge is -2.12. The predicted octanol–water partition coefficient (Wildman–Crippen LogP) is 14.2. The number of hydrogen-bond acceptors (Lipinski definition) is 3. The van der Waals surface area contributed by atoms with Gasteiger partial charge in [-0.1, -0.05) is 158 Å². The summed E-state index contributed by atoms with van der Waals surface area (Å²) in [5, 5.41) is 9.29. The van der Waals surface area contributed by atoms with E-state index in [-0.39, 0.29) is 0 Å². The van der Waals surface area contributed by atoms with Crippen molar-refractivity contribution < 1.29 is 0 Å². The van der Waals surface area contributed by atoms with Crippen LogP contribution in [0.15, 0.2) is 206 Å². The molecule has 0 spiro atoms. The van der Waals surface area contributed by atoms with Crippen molar-refractivity contribution in [1.82, 2.24) is 19.5 Å². The van der Waals surface area contributed by atoms with E-state index in [1.165, 1.54) is 26.9 Å². The summed E-state index contributed by atoms with van der Waals surface area (Å²) in [4.78, 5) is 15.6. The minimum atomic E-state index is 0.710. The number of aromatic nitrogens is 4. The third kappa shape index (κ3) is 5.49. The summed E-state index contributed by atoms with van der Waals surface area (Å²) in [6.45, 7) is 0. The first-order valence-corrected chi connectivity index (χ1v) is 20.0. The van der Waals surface area contributed by atoms with E-state index < -0.39 is 0 Å². The topological polar surface area (TPSA) is 43.6 Å². The number of rotatable bonds is 5. The molecule has 4 heteroatoms. The molecule has 0 aliphatic carbocycles. The predicted molar refractivity (Wildman–Crippen MR) is 246 cm³/mol. The summed E-state index contributed by atoms with van der Waals surface area (Å²) in [5.41, 5.74) is 12.7. The van der Waals surface area contributed by atoms with Gasteiger partial charge in [-0.05, 0) is 75.8 Å². The standard InChI is InChI=1S/C55H34N4/c1-3-14-37(15-4-1)53-44-20-10-9-19-43(44)46-34-52-48(33-50(46)56-53)47-32-40(29-30-51(47)59(52)42-17-5-2-6-18-42)36-23-26-38(27-24-36)55-57-49-22-12-11-21-45(49)54(58-55)41-28-25-35-13-7-8-16-39(35)31-41/h1-34H. The Labute approximate surface area is 340 Å². The molecule has 0 amide bonds. The zero-order chi connectivity index (χ0) is 38.9. The molecule has 0 N–H and O–H groups in total. The zero-order valence-electron chi connectivity index (χ0n) is 31.9. The largest absolute Gasteiger partial charge is 0.309 e. The van der Waals surface area contributed by atoms with Crippen LogP contribution in [0.25, 0.3) is 116 Å². The van der Waals surface area contributed by atoms with Crippen molar-refractivity contribution in [3.05, 3.63) is 206 Å². The van der Waals surface area contributed by atoms with Crippen LogP contribution in [-0.2, 0) is 0 Å². The molecule has 12 aromatic rings. The highest BCUT2D eigenvalue weighted by molar-refractivity contribution is 6.19. The van der Waals surface area contributed by atoms with Crippen LogP contribution in [0.4, 0.5) is 0 Å². The summed E-state index contributed by atoms with van der Waals surface area (Å²) in [7, 11) is 0. The van der Waals surface area contributed by atoms with Crippen LogP contribution >= 0.6 is 0 Å². The third-order valence-electron chi connectivity index (χ3n) is 11.8. The average Bonchev–Trinajstić information content (AvgIpc) is 3.63. The molecule has 0 radical (unpaired) electrons. The van der Waals surface area contributed by atoms with Crippen molar-refractivity contribution in [1.29, 1.82) is 0 Å². The van der Waals surface area contributed by atoms with E-state index in [9.17, 15) is 0 Å². The van der Waals surface area contributed by atoms with Gasteiger partial charge in [-0.3, -0.25) is 0 Å². The molecule has 0 unspecified atom stereocenters. The lowest BCUT2D eigenvalue weighted by molar-refractivity contribution is 1.18. The Kier molecular flexibility index (Phi) is 7.50. The SMILES string of the molecule is c1ccc(-c2nc3cc4c5cc(-c6ccc(-c7nc(-c8ccc9ccccc9c8)c8ccccc8n7)cc6)ccc5n(-c5ccccc5)c4cc3c3ccccc23)cc1. The van der Waals surface area contributed by atoms with Gasteiger partial charge < -0.3 is 4.57 Å². The fourth-order valence-corrected chi connectivity index (χ4v) is 8.89. The van der Waals surface area contributed by atoms with Crippen molar-refractivity contribution in [3.8, 4) is 50.7 Å². The van der Waals surface area contributed by atoms with Gasteiger partial charge in [0.15, 0.2) is 5.82 Å². The van der Waals surface area contributed by atoms with Gasteiger partial charge in [0.1, 0.15) is 0 Å². The van der Waals surface area contributed by atoms with Gasteiger partial charge in [-0.2, -0.15) is 0 Å². The zero-order valence-corrected chi connectivity index (χ0v) is 31.9. The first-order valence-electron chi connectivity index (χ1n) is 20.0. The fourth-order valence-electron chi connectivity index (χ4n) is 8.89. The van der Waals surface area contributed by atoms with E-state index in [4.69, 9.17) is 15.0 Å². The van der Waals surface area contributed by atoms with Gasteiger partial charge in [-0.25, -0.2) is 15.0 Å². The summed E-state index contributed by atoms with van der Waals surface area (Å²) < 4.78 is 2.39. The van der Waals surface area contributed by atoms with Gasteiger partial charge in [0.25, 0.3) is 0 Å². The van der Waals surface area contributed by atoms with Gasteiger partial charge in [-0.15, -0.1) is 0 Å². The third-order valence-corrected chi connectivity index (χ3v) is 11.8. The molecule has 3 heterocycles. The lowest BCUT2D eigenvalue weighted by atomic mass is 9.98. The van der Waals surface area contributed by atoms with Crippen molar-refractivity contribution in [2.45, 2.75) is 0 Å². The average molecular weight is 751 g/mol. The van der Waals surface area contributed by atoms with E-state index in [1.54, 1.807) is 0 Å². The van der Waals surface area contributed by atoms with Crippen molar-refractivity contribution in [2.24, 2.45) is 0 Å². The minimum Gasteiger partial charge on any atom is -0.309 e. The molecule has 0 aliphatic rings. The van der Waals surface area contributed by atoms with Crippen LogP contribution in [0.3, 0.4) is 0 Å². The molecule has 3 aromatic heterocycles. The maximum atomic E-state index is 5.37. The lowest BCUT2D eigenvalue weighted by Crippen LogP contribution is -1.95. The van der Waals surface area contributed by atoms with Crippen molar-refractivity contribution >= 4 is 65.2 Å². The highest BCUT2D eigenvalue weighted by Gasteiger charge is 2.18. The van der Waals surface area contributed by atoms with E-state index >= 15 is 0 Å². The first kappa shape index (κ1) is 33.2. The van der Waals surface area contributed by atoms with Crippen LogP contribution in [0.1, 0.15) is 0 Å². The number of benzene rings is 9. The van der Waals surface area contributed by atoms with Crippen LogP contribution in [-0.4, -0.2) is 19.5 Å². The quantitative estimate of drug-likeness (QED) is 0.165. The van der Waals surface area contributed by atoms with Crippen molar-refractivity contribution in [3.63, 3.8) is 0 Å². The second-order valence-electron chi connectivity index (χ2n) is 15.2. The highest BCUT2D eigenvalue weighted by atomic mass is 15.0. The second-order valence-corrected chi connectivity index (χ2v) is 15.2. The van der Waals surface area contributed by atoms with Crippen LogP contribution in [0.2, 0.25) is 0 Å². The summed E-state index contributed by atoms with van der Waals surface area (Å²) in [5.74, 6) is 0.710. The van der Waals surface area contributed by atoms with Crippen LogP contribution in [0, 0.1) is 0 Å². The van der Waals surface area contributed by atoms with Gasteiger partial charge in [0.05, 0.1) is 33.5 Å². The second kappa shape index (κ2) is 13.3. The molecule has 4 nitrogen and oxygen atoms in total. The Balaban J connectivity index is 1.01. The number of hydrogen-bond donors (Lipinski definition) is 0. The Hall–Kier alpha value is -7.95. The maximum Gasteiger partial charge on any atom is 0.160 e. The normalized spacial score (nSPS) is 11.7. The Morgan fingerprint density at radius 3 is 1.75 bits per heavy atom. The smallest absolute Gasteiger partial charge is 0.160 e. The van der Waals surface area contributed by atoms with Crippen LogP contribution in [0.5, 0.6) is 0 Å². The van der Waals surface area contributed by atoms with Gasteiger partial charge in [0.2, 0.25) is 0 Å². The molecule has 0 atom stereocenters. The molecule has 0 fully saturated rings.